The smallest absolute Gasteiger partial charge is 0.238 e. The molecule has 1 N–H and O–H groups in total. The van der Waals surface area contributed by atoms with Crippen LogP contribution in [0.25, 0.3) is 0 Å². The third-order valence-corrected chi connectivity index (χ3v) is 3.57. The first kappa shape index (κ1) is 13.5. The molecule has 1 saturated carbocycles. The summed E-state index contributed by atoms with van der Waals surface area (Å²) >= 11 is 3.10. The van der Waals surface area contributed by atoms with Gasteiger partial charge in [0.25, 0.3) is 0 Å². The predicted octanol–water partition coefficient (Wildman–Crippen LogP) is 3.42. The van der Waals surface area contributed by atoms with Crippen molar-refractivity contribution in [1.29, 1.82) is 0 Å². The number of aromatic nitrogens is 2. The molecule has 20 heavy (non-hydrogen) atoms. The SMILES string of the molecule is Fc1cc(Oc2cncc(CNC3CC3)n2)ccc1Br. The molecule has 2 aromatic rings. The quantitative estimate of drug-likeness (QED) is 0.908. The fourth-order valence-corrected chi connectivity index (χ4v) is 1.96. The minimum Gasteiger partial charge on any atom is -0.437 e. The van der Waals surface area contributed by atoms with Gasteiger partial charge in [0.2, 0.25) is 5.88 Å². The molecule has 0 unspecified atom stereocenters. The third kappa shape index (κ3) is 3.52. The Morgan fingerprint density at radius 3 is 2.95 bits per heavy atom. The van der Waals surface area contributed by atoms with Gasteiger partial charge in [0.05, 0.1) is 16.4 Å². The molecule has 1 aliphatic carbocycles. The molecular weight excluding hydrogens is 325 g/mol. The molecule has 104 valence electrons. The van der Waals surface area contributed by atoms with Crippen molar-refractivity contribution in [1.82, 2.24) is 15.3 Å². The molecule has 1 heterocycles. The van der Waals surface area contributed by atoms with Gasteiger partial charge >= 0.3 is 0 Å². The Kier molecular flexibility index (Phi) is 3.93. The zero-order chi connectivity index (χ0) is 13.9. The van der Waals surface area contributed by atoms with Crippen LogP contribution < -0.4 is 10.1 Å². The normalized spacial score (nSPS) is 14.3. The van der Waals surface area contributed by atoms with E-state index in [0.29, 0.717) is 28.7 Å². The van der Waals surface area contributed by atoms with Crippen LogP contribution in [0.5, 0.6) is 11.6 Å². The van der Waals surface area contributed by atoms with Crippen LogP contribution in [0.2, 0.25) is 0 Å². The molecule has 0 saturated heterocycles. The Morgan fingerprint density at radius 2 is 2.20 bits per heavy atom. The Balaban J connectivity index is 1.69. The van der Waals surface area contributed by atoms with Crippen LogP contribution in [0.4, 0.5) is 4.39 Å². The van der Waals surface area contributed by atoms with E-state index >= 15 is 0 Å². The van der Waals surface area contributed by atoms with Crippen molar-refractivity contribution >= 4 is 15.9 Å². The van der Waals surface area contributed by atoms with Crippen LogP contribution >= 0.6 is 15.9 Å². The molecule has 3 rings (SSSR count). The number of rotatable bonds is 5. The first-order valence-corrected chi connectivity index (χ1v) is 7.17. The van der Waals surface area contributed by atoms with E-state index in [1.54, 1.807) is 18.3 Å². The van der Waals surface area contributed by atoms with Crippen LogP contribution in [0, 0.1) is 5.82 Å². The van der Waals surface area contributed by atoms with Crippen molar-refractivity contribution in [2.75, 3.05) is 0 Å². The average Bonchev–Trinajstić information content (AvgIpc) is 3.25. The summed E-state index contributed by atoms with van der Waals surface area (Å²) in [6, 6.07) is 5.18. The maximum absolute atomic E-state index is 13.4. The van der Waals surface area contributed by atoms with Crippen molar-refractivity contribution in [3.63, 3.8) is 0 Å². The van der Waals surface area contributed by atoms with E-state index < -0.39 is 0 Å². The molecule has 0 amide bonds. The summed E-state index contributed by atoms with van der Waals surface area (Å²) in [5.41, 5.74) is 0.812. The summed E-state index contributed by atoms with van der Waals surface area (Å²) in [5, 5.41) is 3.36. The second-order valence-corrected chi connectivity index (χ2v) is 5.54. The highest BCUT2D eigenvalue weighted by Crippen LogP contribution is 2.24. The summed E-state index contributed by atoms with van der Waals surface area (Å²) in [4.78, 5) is 8.43. The maximum Gasteiger partial charge on any atom is 0.238 e. The number of hydrogen-bond donors (Lipinski definition) is 1. The summed E-state index contributed by atoms with van der Waals surface area (Å²) in [7, 11) is 0. The Labute approximate surface area is 124 Å². The second kappa shape index (κ2) is 5.85. The van der Waals surface area contributed by atoms with E-state index in [1.807, 2.05) is 0 Å². The number of halogens is 2. The zero-order valence-electron chi connectivity index (χ0n) is 10.6. The molecular formula is C14H13BrFN3O. The number of nitrogens with one attached hydrogen (secondary N) is 1. The molecule has 4 nitrogen and oxygen atoms in total. The fraction of sp³-hybridized carbons (Fsp3) is 0.286. The monoisotopic (exact) mass is 337 g/mol. The van der Waals surface area contributed by atoms with Crippen molar-refractivity contribution < 1.29 is 9.13 Å². The molecule has 0 atom stereocenters. The van der Waals surface area contributed by atoms with Crippen molar-refractivity contribution in [2.24, 2.45) is 0 Å². The van der Waals surface area contributed by atoms with Crippen LogP contribution in [-0.2, 0) is 6.54 Å². The summed E-state index contributed by atoms with van der Waals surface area (Å²) in [5.74, 6) is 0.385. The van der Waals surface area contributed by atoms with Gasteiger partial charge in [-0.05, 0) is 40.9 Å². The molecule has 0 spiro atoms. The van der Waals surface area contributed by atoms with Crippen molar-refractivity contribution in [3.05, 3.63) is 46.6 Å². The van der Waals surface area contributed by atoms with Gasteiger partial charge < -0.3 is 10.1 Å². The van der Waals surface area contributed by atoms with Gasteiger partial charge in [-0.1, -0.05) is 0 Å². The Hall–Kier alpha value is -1.53. The fourth-order valence-electron chi connectivity index (χ4n) is 1.72. The van der Waals surface area contributed by atoms with Gasteiger partial charge in [0.1, 0.15) is 11.6 Å². The molecule has 1 aromatic heterocycles. The van der Waals surface area contributed by atoms with Gasteiger partial charge in [-0.15, -0.1) is 0 Å². The van der Waals surface area contributed by atoms with E-state index in [9.17, 15) is 4.39 Å². The molecule has 1 aliphatic rings. The van der Waals surface area contributed by atoms with E-state index in [4.69, 9.17) is 4.74 Å². The highest BCUT2D eigenvalue weighted by molar-refractivity contribution is 9.10. The van der Waals surface area contributed by atoms with E-state index in [1.165, 1.54) is 25.1 Å². The minimum absolute atomic E-state index is 0.363. The van der Waals surface area contributed by atoms with E-state index in [-0.39, 0.29) is 5.82 Å². The lowest BCUT2D eigenvalue weighted by Crippen LogP contribution is -2.16. The number of ether oxygens (including phenoxy) is 1. The van der Waals surface area contributed by atoms with Crippen LogP contribution in [-0.4, -0.2) is 16.0 Å². The number of benzene rings is 1. The first-order chi connectivity index (χ1) is 9.70. The van der Waals surface area contributed by atoms with Gasteiger partial charge in [-0.3, -0.25) is 4.98 Å². The van der Waals surface area contributed by atoms with E-state index in [2.05, 4.69) is 31.2 Å². The lowest BCUT2D eigenvalue weighted by Gasteiger charge is -2.07. The summed E-state index contributed by atoms with van der Waals surface area (Å²) < 4.78 is 19.3. The lowest BCUT2D eigenvalue weighted by molar-refractivity contribution is 0.451. The van der Waals surface area contributed by atoms with Crippen LogP contribution in [0.1, 0.15) is 18.5 Å². The standard InChI is InChI=1S/C14H13BrFN3O/c15-12-4-3-11(5-13(12)16)20-14-8-17-6-10(19-14)7-18-9-1-2-9/h3-6,8-9,18H,1-2,7H2. The highest BCUT2D eigenvalue weighted by Gasteiger charge is 2.20. The van der Waals surface area contributed by atoms with Gasteiger partial charge in [0.15, 0.2) is 0 Å². The van der Waals surface area contributed by atoms with Crippen molar-refractivity contribution in [2.45, 2.75) is 25.4 Å². The molecule has 1 fully saturated rings. The lowest BCUT2D eigenvalue weighted by atomic mass is 10.3. The second-order valence-electron chi connectivity index (χ2n) is 4.68. The highest BCUT2D eigenvalue weighted by atomic mass is 79.9. The topological polar surface area (TPSA) is 47.0 Å². The minimum atomic E-state index is -0.373. The summed E-state index contributed by atoms with van der Waals surface area (Å²) in [6.45, 7) is 0.670. The van der Waals surface area contributed by atoms with E-state index in [0.717, 1.165) is 5.69 Å². The zero-order valence-corrected chi connectivity index (χ0v) is 12.2. The Morgan fingerprint density at radius 1 is 1.35 bits per heavy atom. The third-order valence-electron chi connectivity index (χ3n) is 2.93. The molecule has 0 aliphatic heterocycles. The first-order valence-electron chi connectivity index (χ1n) is 6.38. The molecule has 0 radical (unpaired) electrons. The van der Waals surface area contributed by atoms with Gasteiger partial charge in [-0.2, -0.15) is 0 Å². The molecule has 6 heteroatoms. The number of nitrogens with zero attached hydrogens (tertiary/aromatic N) is 2. The van der Waals surface area contributed by atoms with Gasteiger partial charge in [-0.25, -0.2) is 9.37 Å². The Bertz CT molecular complexity index is 619. The molecule has 0 bridgehead atoms. The van der Waals surface area contributed by atoms with Crippen LogP contribution in [0.3, 0.4) is 0 Å². The molecule has 1 aromatic carbocycles. The maximum atomic E-state index is 13.4. The number of hydrogen-bond acceptors (Lipinski definition) is 4. The van der Waals surface area contributed by atoms with Crippen molar-refractivity contribution in [3.8, 4) is 11.6 Å². The van der Waals surface area contributed by atoms with Gasteiger partial charge in [0, 0.05) is 24.8 Å². The van der Waals surface area contributed by atoms with Crippen LogP contribution in [0.15, 0.2) is 35.1 Å². The largest absolute Gasteiger partial charge is 0.437 e. The average molecular weight is 338 g/mol. The predicted molar refractivity (Wildman–Crippen MR) is 76.1 cm³/mol. The summed E-state index contributed by atoms with van der Waals surface area (Å²) in [6.07, 6.45) is 5.66.